The first kappa shape index (κ1) is 15.8. The van der Waals surface area contributed by atoms with Gasteiger partial charge in [0.2, 0.25) is 0 Å². The van der Waals surface area contributed by atoms with Crippen LogP contribution >= 0.6 is 11.8 Å². The summed E-state index contributed by atoms with van der Waals surface area (Å²) in [5.74, 6) is 0.692. The Labute approximate surface area is 137 Å². The van der Waals surface area contributed by atoms with Gasteiger partial charge in [0.25, 0.3) is 0 Å². The minimum absolute atomic E-state index is 0.0411. The van der Waals surface area contributed by atoms with Crippen molar-refractivity contribution in [2.75, 3.05) is 13.2 Å². The molecule has 3 heteroatoms. The van der Waals surface area contributed by atoms with Gasteiger partial charge in [-0.2, -0.15) is 0 Å². The molecule has 2 aliphatic rings. The lowest BCUT2D eigenvalue weighted by Crippen LogP contribution is -2.21. The van der Waals surface area contributed by atoms with Crippen LogP contribution in [0.25, 0.3) is 0 Å². The highest BCUT2D eigenvalue weighted by molar-refractivity contribution is 8.00. The van der Waals surface area contributed by atoms with Gasteiger partial charge in [0.1, 0.15) is 0 Å². The van der Waals surface area contributed by atoms with Gasteiger partial charge in [0.05, 0.1) is 0 Å². The standard InChI is InChI=1S/C19H24O2S/c1-2-19(20)18(13-14-9-11-21-12-10-14)15-3-5-16(6-4-15)22-17-7-8-17/h2-6,14,17-18H,1,7-13H2. The fraction of sp³-hybridized carbons (Fsp3) is 0.526. The van der Waals surface area contributed by atoms with Gasteiger partial charge in [-0.25, -0.2) is 0 Å². The van der Waals surface area contributed by atoms with Crippen LogP contribution in [0.2, 0.25) is 0 Å². The molecule has 1 saturated carbocycles. The summed E-state index contributed by atoms with van der Waals surface area (Å²) < 4.78 is 5.42. The highest BCUT2D eigenvalue weighted by Gasteiger charge is 2.25. The SMILES string of the molecule is C=CC(=O)C(CC1CCOCC1)c1ccc(SC2CC2)cc1. The van der Waals surface area contributed by atoms with Crippen molar-refractivity contribution in [1.29, 1.82) is 0 Å². The van der Waals surface area contributed by atoms with E-state index in [1.807, 2.05) is 11.8 Å². The summed E-state index contributed by atoms with van der Waals surface area (Å²) in [6.45, 7) is 5.35. The highest BCUT2D eigenvalue weighted by Crippen LogP contribution is 2.39. The molecular weight excluding hydrogens is 292 g/mol. The normalized spacial score (nSPS) is 20.5. The van der Waals surface area contributed by atoms with Crippen LogP contribution in [0.5, 0.6) is 0 Å². The van der Waals surface area contributed by atoms with Crippen LogP contribution in [0.4, 0.5) is 0 Å². The summed E-state index contributed by atoms with van der Waals surface area (Å²) in [4.78, 5) is 13.6. The maximum atomic E-state index is 12.3. The molecule has 1 heterocycles. The Kier molecular flexibility index (Phi) is 5.37. The molecule has 1 unspecified atom stereocenters. The Bertz CT molecular complexity index is 513. The number of rotatable bonds is 7. The van der Waals surface area contributed by atoms with Gasteiger partial charge < -0.3 is 4.74 Å². The van der Waals surface area contributed by atoms with Crippen molar-refractivity contribution in [2.45, 2.75) is 48.2 Å². The van der Waals surface area contributed by atoms with Gasteiger partial charge in [-0.1, -0.05) is 18.7 Å². The predicted octanol–water partition coefficient (Wildman–Crippen LogP) is 4.60. The second kappa shape index (κ2) is 7.47. The number of carbonyl (C=O) groups excluding carboxylic acids is 1. The molecule has 2 nitrogen and oxygen atoms in total. The summed E-state index contributed by atoms with van der Waals surface area (Å²) >= 11 is 1.96. The molecule has 118 valence electrons. The van der Waals surface area contributed by atoms with E-state index in [-0.39, 0.29) is 11.7 Å². The fourth-order valence-corrected chi connectivity index (χ4v) is 4.08. The average molecular weight is 316 g/mol. The van der Waals surface area contributed by atoms with E-state index in [2.05, 4.69) is 30.8 Å². The molecule has 1 aliphatic carbocycles. The van der Waals surface area contributed by atoms with Crippen molar-refractivity contribution in [1.82, 2.24) is 0 Å². The van der Waals surface area contributed by atoms with Crippen LogP contribution in [0.1, 0.15) is 43.6 Å². The second-order valence-electron chi connectivity index (χ2n) is 6.34. The summed E-state index contributed by atoms with van der Waals surface area (Å²) in [6, 6.07) is 8.61. The lowest BCUT2D eigenvalue weighted by Gasteiger charge is -2.26. The van der Waals surface area contributed by atoms with Crippen LogP contribution < -0.4 is 0 Å². The summed E-state index contributed by atoms with van der Waals surface area (Å²) in [5.41, 5.74) is 1.14. The van der Waals surface area contributed by atoms with E-state index < -0.39 is 0 Å². The molecule has 1 aromatic carbocycles. The van der Waals surface area contributed by atoms with Gasteiger partial charge in [-0.3, -0.25) is 4.79 Å². The minimum atomic E-state index is -0.0411. The van der Waals surface area contributed by atoms with Crippen LogP contribution in [0.15, 0.2) is 41.8 Å². The van der Waals surface area contributed by atoms with E-state index in [0.29, 0.717) is 5.92 Å². The first-order valence-corrected chi connectivity index (χ1v) is 9.15. The molecule has 0 aromatic heterocycles. The summed E-state index contributed by atoms with van der Waals surface area (Å²) in [6.07, 6.45) is 7.22. The molecule has 1 aromatic rings. The van der Waals surface area contributed by atoms with E-state index in [4.69, 9.17) is 4.74 Å². The van der Waals surface area contributed by atoms with Crippen LogP contribution in [-0.2, 0) is 9.53 Å². The Morgan fingerprint density at radius 2 is 1.91 bits per heavy atom. The quantitative estimate of drug-likeness (QED) is 0.688. The zero-order valence-electron chi connectivity index (χ0n) is 13.0. The van der Waals surface area contributed by atoms with Crippen molar-refractivity contribution in [3.8, 4) is 0 Å². The zero-order chi connectivity index (χ0) is 15.4. The third kappa shape index (κ3) is 4.23. The average Bonchev–Trinajstić information content (AvgIpc) is 3.38. The van der Waals surface area contributed by atoms with Gasteiger partial charge in [-0.05, 0) is 61.8 Å². The van der Waals surface area contributed by atoms with E-state index in [1.165, 1.54) is 23.8 Å². The number of carbonyl (C=O) groups is 1. The van der Waals surface area contributed by atoms with E-state index in [0.717, 1.165) is 43.3 Å². The smallest absolute Gasteiger partial charge is 0.162 e. The summed E-state index contributed by atoms with van der Waals surface area (Å²) in [5, 5.41) is 0.818. The lowest BCUT2D eigenvalue weighted by molar-refractivity contribution is -0.116. The number of hydrogen-bond acceptors (Lipinski definition) is 3. The van der Waals surface area contributed by atoms with Gasteiger partial charge >= 0.3 is 0 Å². The van der Waals surface area contributed by atoms with Gasteiger partial charge in [0.15, 0.2) is 5.78 Å². The first-order chi connectivity index (χ1) is 10.8. The van der Waals surface area contributed by atoms with Crippen molar-refractivity contribution in [2.24, 2.45) is 5.92 Å². The number of allylic oxidation sites excluding steroid dienone is 1. The van der Waals surface area contributed by atoms with Crippen LogP contribution in [0.3, 0.4) is 0 Å². The molecule has 2 fully saturated rings. The van der Waals surface area contributed by atoms with Crippen molar-refractivity contribution >= 4 is 17.5 Å². The molecule has 1 atom stereocenters. The second-order valence-corrected chi connectivity index (χ2v) is 7.71. The minimum Gasteiger partial charge on any atom is -0.381 e. The molecule has 0 radical (unpaired) electrons. The van der Waals surface area contributed by atoms with Gasteiger partial charge in [-0.15, -0.1) is 11.8 Å². The Morgan fingerprint density at radius 3 is 2.50 bits per heavy atom. The lowest BCUT2D eigenvalue weighted by atomic mass is 9.83. The van der Waals surface area contributed by atoms with E-state index >= 15 is 0 Å². The monoisotopic (exact) mass is 316 g/mol. The van der Waals surface area contributed by atoms with Gasteiger partial charge in [0, 0.05) is 29.3 Å². The molecule has 0 spiro atoms. The molecule has 3 rings (SSSR count). The zero-order valence-corrected chi connectivity index (χ0v) is 13.8. The number of benzene rings is 1. The Balaban J connectivity index is 1.69. The van der Waals surface area contributed by atoms with E-state index in [1.54, 1.807) is 0 Å². The number of thioether (sulfide) groups is 1. The third-order valence-electron chi connectivity index (χ3n) is 4.56. The summed E-state index contributed by atoms with van der Waals surface area (Å²) in [7, 11) is 0. The molecular formula is C19H24O2S. The Morgan fingerprint density at radius 1 is 1.23 bits per heavy atom. The number of hydrogen-bond donors (Lipinski definition) is 0. The highest BCUT2D eigenvalue weighted by atomic mass is 32.2. The van der Waals surface area contributed by atoms with E-state index in [9.17, 15) is 4.79 Å². The third-order valence-corrected chi connectivity index (χ3v) is 5.91. The largest absolute Gasteiger partial charge is 0.381 e. The molecule has 0 N–H and O–H groups in total. The molecule has 1 aliphatic heterocycles. The van der Waals surface area contributed by atoms with Crippen molar-refractivity contribution in [3.63, 3.8) is 0 Å². The van der Waals surface area contributed by atoms with Crippen LogP contribution in [0, 0.1) is 5.92 Å². The maximum absolute atomic E-state index is 12.3. The van der Waals surface area contributed by atoms with Crippen LogP contribution in [-0.4, -0.2) is 24.2 Å². The molecule has 22 heavy (non-hydrogen) atoms. The van der Waals surface area contributed by atoms with Crippen molar-refractivity contribution in [3.05, 3.63) is 42.5 Å². The molecule has 0 bridgehead atoms. The first-order valence-electron chi connectivity index (χ1n) is 8.27. The molecule has 1 saturated heterocycles. The predicted molar refractivity (Wildman–Crippen MR) is 91.4 cm³/mol. The number of ketones is 1. The topological polar surface area (TPSA) is 26.3 Å². The molecule has 0 amide bonds. The maximum Gasteiger partial charge on any atom is 0.162 e. The number of ether oxygens (including phenoxy) is 1. The fourth-order valence-electron chi connectivity index (χ4n) is 3.03. The van der Waals surface area contributed by atoms with Crippen molar-refractivity contribution < 1.29 is 9.53 Å². The Hall–Kier alpha value is -1.06.